The van der Waals surface area contributed by atoms with E-state index >= 15 is 0 Å². The second kappa shape index (κ2) is 6.37. The third-order valence-electron chi connectivity index (χ3n) is 4.09. The predicted octanol–water partition coefficient (Wildman–Crippen LogP) is 3.10. The van der Waals surface area contributed by atoms with E-state index in [0.29, 0.717) is 6.54 Å². The lowest BCUT2D eigenvalue weighted by Crippen LogP contribution is -2.30. The van der Waals surface area contributed by atoms with Crippen LogP contribution < -0.4 is 5.32 Å². The summed E-state index contributed by atoms with van der Waals surface area (Å²) in [6.07, 6.45) is 1.05. The number of nitrogens with one attached hydrogen (secondary N) is 1. The molecule has 2 aromatic carbocycles. The first kappa shape index (κ1) is 14.2. The van der Waals surface area contributed by atoms with Crippen LogP contribution in [-0.2, 0) is 26.1 Å². The van der Waals surface area contributed by atoms with Gasteiger partial charge in [-0.2, -0.15) is 0 Å². The molecule has 110 valence electrons. The lowest BCUT2D eigenvalue weighted by atomic mass is 9.99. The fraction of sp³-hybridized carbons (Fsp3) is 0.333. The standard InChI is InChI=1S/C18H21FN2/c1-20-11-14-6-7-18(19)17(10-14)13-21-9-8-15-4-2-3-5-16(15)12-21/h2-7,10,20H,8-9,11-13H2,1H3. The molecule has 1 heterocycles. The summed E-state index contributed by atoms with van der Waals surface area (Å²) in [5, 5.41) is 3.11. The molecule has 1 aliphatic rings. The Labute approximate surface area is 125 Å². The van der Waals surface area contributed by atoms with Crippen molar-refractivity contribution in [2.45, 2.75) is 26.1 Å². The fourth-order valence-electron chi connectivity index (χ4n) is 2.99. The summed E-state index contributed by atoms with van der Waals surface area (Å²) in [6.45, 7) is 3.35. The molecule has 3 heteroatoms. The van der Waals surface area contributed by atoms with Crippen molar-refractivity contribution in [3.63, 3.8) is 0 Å². The second-order valence-corrected chi connectivity index (χ2v) is 5.69. The van der Waals surface area contributed by atoms with Gasteiger partial charge in [0.1, 0.15) is 5.82 Å². The van der Waals surface area contributed by atoms with Crippen molar-refractivity contribution in [2.24, 2.45) is 0 Å². The summed E-state index contributed by atoms with van der Waals surface area (Å²) in [5.74, 6) is -0.103. The maximum Gasteiger partial charge on any atom is 0.127 e. The molecule has 2 nitrogen and oxygen atoms in total. The zero-order valence-corrected chi connectivity index (χ0v) is 12.4. The third-order valence-corrected chi connectivity index (χ3v) is 4.09. The van der Waals surface area contributed by atoms with Crippen LogP contribution in [0.5, 0.6) is 0 Å². The minimum Gasteiger partial charge on any atom is -0.316 e. The number of hydrogen-bond donors (Lipinski definition) is 1. The molecule has 1 N–H and O–H groups in total. The molecule has 0 saturated heterocycles. The van der Waals surface area contributed by atoms with Gasteiger partial charge in [0, 0.05) is 31.7 Å². The van der Waals surface area contributed by atoms with Crippen molar-refractivity contribution in [1.29, 1.82) is 0 Å². The molecule has 3 rings (SSSR count). The summed E-state index contributed by atoms with van der Waals surface area (Å²) in [5.41, 5.74) is 4.72. The predicted molar refractivity (Wildman–Crippen MR) is 83.4 cm³/mol. The van der Waals surface area contributed by atoms with Gasteiger partial charge in [-0.3, -0.25) is 4.90 Å². The monoisotopic (exact) mass is 284 g/mol. The minimum atomic E-state index is -0.103. The second-order valence-electron chi connectivity index (χ2n) is 5.69. The Morgan fingerprint density at radius 3 is 2.76 bits per heavy atom. The average molecular weight is 284 g/mol. The number of fused-ring (bicyclic) bond motifs is 1. The van der Waals surface area contributed by atoms with Crippen LogP contribution in [0.15, 0.2) is 42.5 Å². The molecular weight excluding hydrogens is 263 g/mol. The van der Waals surface area contributed by atoms with Crippen LogP contribution in [0.25, 0.3) is 0 Å². The van der Waals surface area contributed by atoms with Crippen molar-refractivity contribution in [2.75, 3.05) is 13.6 Å². The zero-order chi connectivity index (χ0) is 14.7. The van der Waals surface area contributed by atoms with Crippen LogP contribution in [-0.4, -0.2) is 18.5 Å². The van der Waals surface area contributed by atoms with E-state index in [1.54, 1.807) is 6.07 Å². The average Bonchev–Trinajstić information content (AvgIpc) is 2.51. The van der Waals surface area contributed by atoms with Crippen LogP contribution in [0.2, 0.25) is 0 Å². The van der Waals surface area contributed by atoms with E-state index < -0.39 is 0 Å². The molecule has 0 aromatic heterocycles. The van der Waals surface area contributed by atoms with Gasteiger partial charge in [0.15, 0.2) is 0 Å². The molecule has 0 fully saturated rings. The van der Waals surface area contributed by atoms with Gasteiger partial charge in [-0.25, -0.2) is 4.39 Å². The van der Waals surface area contributed by atoms with Gasteiger partial charge in [-0.1, -0.05) is 36.4 Å². The van der Waals surface area contributed by atoms with Gasteiger partial charge >= 0.3 is 0 Å². The number of hydrogen-bond acceptors (Lipinski definition) is 2. The molecule has 0 bridgehead atoms. The van der Waals surface area contributed by atoms with Crippen molar-refractivity contribution in [1.82, 2.24) is 10.2 Å². The van der Waals surface area contributed by atoms with Crippen molar-refractivity contribution in [3.8, 4) is 0 Å². The molecule has 1 aliphatic heterocycles. The number of rotatable bonds is 4. The lowest BCUT2D eigenvalue weighted by molar-refractivity contribution is 0.242. The summed E-state index contributed by atoms with van der Waals surface area (Å²) in [7, 11) is 1.91. The van der Waals surface area contributed by atoms with Crippen LogP contribution in [0.4, 0.5) is 4.39 Å². The first-order valence-electron chi connectivity index (χ1n) is 7.47. The largest absolute Gasteiger partial charge is 0.316 e. The van der Waals surface area contributed by atoms with Crippen LogP contribution in [0.3, 0.4) is 0 Å². The van der Waals surface area contributed by atoms with Gasteiger partial charge in [0.2, 0.25) is 0 Å². The molecule has 0 atom stereocenters. The van der Waals surface area contributed by atoms with E-state index in [-0.39, 0.29) is 5.82 Å². The molecule has 2 aromatic rings. The molecule has 0 aliphatic carbocycles. The van der Waals surface area contributed by atoms with Crippen LogP contribution >= 0.6 is 0 Å². The Morgan fingerprint density at radius 1 is 1.14 bits per heavy atom. The summed E-state index contributed by atoms with van der Waals surface area (Å²) in [6, 6.07) is 14.0. The maximum atomic E-state index is 14.0. The van der Waals surface area contributed by atoms with Crippen LogP contribution in [0, 0.1) is 5.82 Å². The third kappa shape index (κ3) is 3.31. The molecule has 0 saturated carbocycles. The number of benzene rings is 2. The van der Waals surface area contributed by atoms with Crippen molar-refractivity contribution >= 4 is 0 Å². The highest BCUT2D eigenvalue weighted by Gasteiger charge is 2.17. The normalized spacial score (nSPS) is 15.0. The van der Waals surface area contributed by atoms with E-state index in [4.69, 9.17) is 0 Å². The Kier molecular flexibility index (Phi) is 4.32. The molecule has 21 heavy (non-hydrogen) atoms. The Hall–Kier alpha value is -1.71. The number of nitrogens with zero attached hydrogens (tertiary/aromatic N) is 1. The van der Waals surface area contributed by atoms with E-state index in [9.17, 15) is 4.39 Å². The maximum absolute atomic E-state index is 14.0. The quantitative estimate of drug-likeness (QED) is 0.928. The summed E-state index contributed by atoms with van der Waals surface area (Å²) in [4.78, 5) is 2.32. The van der Waals surface area contributed by atoms with Crippen LogP contribution in [0.1, 0.15) is 22.3 Å². The lowest BCUT2D eigenvalue weighted by Gasteiger charge is -2.29. The van der Waals surface area contributed by atoms with E-state index in [1.165, 1.54) is 11.1 Å². The van der Waals surface area contributed by atoms with E-state index in [0.717, 1.165) is 37.2 Å². The Balaban J connectivity index is 1.74. The molecule has 0 radical (unpaired) electrons. The highest BCUT2D eigenvalue weighted by atomic mass is 19.1. The van der Waals surface area contributed by atoms with Gasteiger partial charge in [-0.05, 0) is 36.2 Å². The van der Waals surface area contributed by atoms with Crippen molar-refractivity contribution in [3.05, 3.63) is 70.5 Å². The Bertz CT molecular complexity index is 624. The number of halogens is 1. The highest BCUT2D eigenvalue weighted by Crippen LogP contribution is 2.21. The highest BCUT2D eigenvalue weighted by molar-refractivity contribution is 5.30. The zero-order valence-electron chi connectivity index (χ0n) is 12.4. The van der Waals surface area contributed by atoms with E-state index in [1.807, 2.05) is 19.2 Å². The molecule has 0 unspecified atom stereocenters. The smallest absolute Gasteiger partial charge is 0.127 e. The van der Waals surface area contributed by atoms with Gasteiger partial charge in [0.25, 0.3) is 0 Å². The fourth-order valence-corrected chi connectivity index (χ4v) is 2.99. The minimum absolute atomic E-state index is 0.103. The van der Waals surface area contributed by atoms with Gasteiger partial charge in [0.05, 0.1) is 0 Å². The molecule has 0 spiro atoms. The first-order valence-corrected chi connectivity index (χ1v) is 7.47. The first-order chi connectivity index (χ1) is 10.3. The van der Waals surface area contributed by atoms with Gasteiger partial charge in [-0.15, -0.1) is 0 Å². The van der Waals surface area contributed by atoms with E-state index in [2.05, 4.69) is 34.5 Å². The Morgan fingerprint density at radius 2 is 1.95 bits per heavy atom. The van der Waals surface area contributed by atoms with Gasteiger partial charge < -0.3 is 5.32 Å². The summed E-state index contributed by atoms with van der Waals surface area (Å²) < 4.78 is 14.0. The van der Waals surface area contributed by atoms with Crippen molar-refractivity contribution < 1.29 is 4.39 Å². The summed E-state index contributed by atoms with van der Waals surface area (Å²) >= 11 is 0. The SMILES string of the molecule is CNCc1ccc(F)c(CN2CCc3ccccc3C2)c1. The molecule has 0 amide bonds. The topological polar surface area (TPSA) is 15.3 Å². The molecular formula is C18H21FN2.